The van der Waals surface area contributed by atoms with Crippen LogP contribution in [0.15, 0.2) is 72.8 Å². The summed E-state index contributed by atoms with van der Waals surface area (Å²) in [6.45, 7) is 27.3. The van der Waals surface area contributed by atoms with E-state index in [4.69, 9.17) is 39.8 Å². The van der Waals surface area contributed by atoms with Crippen LogP contribution in [0.25, 0.3) is 45.2 Å². The smallest absolute Gasteiger partial charge is 0.337 e. The zero-order chi connectivity index (χ0) is 61.7. The van der Waals surface area contributed by atoms with E-state index in [9.17, 15) is 19.8 Å². The number of aromatic nitrogens is 10. The molecule has 12 heterocycles. The Bertz CT molecular complexity index is 3820. The minimum absolute atomic E-state index is 0.252. The maximum atomic E-state index is 12.8. The number of aliphatic carboxylic acids is 2. The van der Waals surface area contributed by atoms with Gasteiger partial charge in [-0.2, -0.15) is 29.4 Å². The predicted octanol–water partition coefficient (Wildman–Crippen LogP) is 14.1. The van der Waals surface area contributed by atoms with E-state index in [1.54, 1.807) is 0 Å². The van der Waals surface area contributed by atoms with Crippen LogP contribution in [0, 0.1) is 38.5 Å². The Morgan fingerprint density at radius 1 is 0.506 bits per heavy atom. The topological polar surface area (TPSA) is 196 Å². The number of ether oxygens (including phenoxy) is 2. The number of fused-ring (bicyclic) bond motifs is 13. The predicted molar refractivity (Wildman–Crippen MR) is 341 cm³/mol. The Balaban J connectivity index is 0.000000180. The number of hydrogen-bond donors (Lipinski definition) is 2. The summed E-state index contributed by atoms with van der Waals surface area (Å²) in [7, 11) is 0. The molecule has 0 spiro atoms. The van der Waals surface area contributed by atoms with E-state index in [1.807, 2.05) is 88.7 Å². The van der Waals surface area contributed by atoms with Gasteiger partial charge in [0.05, 0.1) is 56.5 Å². The first-order chi connectivity index (χ1) is 41.3. The molecule has 87 heavy (non-hydrogen) atoms. The standard InChI is InChI=1S/C35H46N6O3.C34H44N6O3/c1-23-20-26-13-9-7-8-10-15-35(6)16-18-39(19-17-35)32-30(31(33(42)43)44-34(3,4)5)24(2)36-29-22-28(38-41(29)32)25-12-11-14-27(21-25)40(26)37-23;1-22-19-25-12-8-7-9-14-34(6)15-17-38(18-16-34)31-29(30(32(41)42)43-33(3,4)5)23(2)35-28-21-27(37-40(28)31)24-11-10-13-26(20-24)39(25)36-22/h11-12,14,20-22,31H,7-10,13,15-19H2,1-6H3,(H,42,43);10-11,13,19-21,30H,7-9,12,14-18H2,1-6H3,(H,41,42)/t31-;30-/m00/s1. The molecule has 2 fully saturated rings. The van der Waals surface area contributed by atoms with Crippen LogP contribution in [0.2, 0.25) is 0 Å². The number of piperidine rings is 2. The third kappa shape index (κ3) is 13.4. The number of nitrogens with zero attached hydrogens (tertiary/aromatic N) is 12. The van der Waals surface area contributed by atoms with Gasteiger partial charge in [0.1, 0.15) is 11.6 Å². The fourth-order valence-corrected chi connectivity index (χ4v) is 13.7. The molecule has 18 nitrogen and oxygen atoms in total. The van der Waals surface area contributed by atoms with Gasteiger partial charge in [-0.15, -0.1) is 0 Å². The maximum Gasteiger partial charge on any atom is 0.337 e. The number of aryl methyl sites for hydroxylation is 6. The van der Waals surface area contributed by atoms with Crippen molar-refractivity contribution in [3.8, 4) is 33.9 Å². The Hall–Kier alpha value is -7.44. The van der Waals surface area contributed by atoms with Crippen molar-refractivity contribution in [1.29, 1.82) is 0 Å². The molecule has 12 bridgehead atoms. The second-order valence-corrected chi connectivity index (χ2v) is 27.9. The fourth-order valence-electron chi connectivity index (χ4n) is 13.7. The normalized spacial score (nSPS) is 18.0. The van der Waals surface area contributed by atoms with E-state index in [0.29, 0.717) is 33.8 Å². The van der Waals surface area contributed by atoms with Crippen molar-refractivity contribution in [1.82, 2.24) is 48.8 Å². The zero-order valence-electron chi connectivity index (χ0n) is 53.4. The largest absolute Gasteiger partial charge is 0.479 e. The van der Waals surface area contributed by atoms with Gasteiger partial charge in [0, 0.05) is 72.2 Å². The van der Waals surface area contributed by atoms with E-state index in [2.05, 4.69) is 95.4 Å². The van der Waals surface area contributed by atoms with Gasteiger partial charge in [0.25, 0.3) is 0 Å². The van der Waals surface area contributed by atoms with Crippen molar-refractivity contribution in [3.63, 3.8) is 0 Å². The number of carboxylic acids is 2. The highest BCUT2D eigenvalue weighted by molar-refractivity contribution is 5.80. The maximum absolute atomic E-state index is 12.8. The number of rotatable bonds is 6. The minimum atomic E-state index is -1.17. The molecular formula is C69H90N12O6. The van der Waals surface area contributed by atoms with Crippen molar-refractivity contribution >= 4 is 34.9 Å². The van der Waals surface area contributed by atoms with Crippen LogP contribution in [0.1, 0.15) is 196 Å². The summed E-state index contributed by atoms with van der Waals surface area (Å²) in [4.78, 5) is 40.0. The first-order valence-corrected chi connectivity index (χ1v) is 31.8. The van der Waals surface area contributed by atoms with Crippen LogP contribution in [-0.4, -0.2) is 108 Å². The number of carboxylic acid groups (broad SMARTS) is 2. The molecule has 8 aromatic rings. The van der Waals surface area contributed by atoms with Crippen LogP contribution in [-0.2, 0) is 31.9 Å². The third-order valence-electron chi connectivity index (χ3n) is 18.3. The average molecular weight is 1180 g/mol. The molecule has 2 aromatic carbocycles. The first-order valence-electron chi connectivity index (χ1n) is 31.8. The molecule has 6 aliphatic heterocycles. The van der Waals surface area contributed by atoms with Gasteiger partial charge in [-0.3, -0.25) is 0 Å². The van der Waals surface area contributed by atoms with Gasteiger partial charge in [0.15, 0.2) is 23.5 Å². The van der Waals surface area contributed by atoms with E-state index in [-0.39, 0.29) is 10.8 Å². The molecule has 2 atom stereocenters. The molecule has 6 aromatic heterocycles. The van der Waals surface area contributed by atoms with Crippen molar-refractivity contribution in [2.24, 2.45) is 10.8 Å². The number of hydrogen-bond acceptors (Lipinski definition) is 12. The summed E-state index contributed by atoms with van der Waals surface area (Å²) in [5.41, 5.74) is 13.0. The lowest BCUT2D eigenvalue weighted by Crippen LogP contribution is -2.41. The molecule has 0 aliphatic carbocycles. The second-order valence-electron chi connectivity index (χ2n) is 27.9. The quantitative estimate of drug-likeness (QED) is 0.160. The summed E-state index contributed by atoms with van der Waals surface area (Å²) in [6, 6.07) is 25.1. The van der Waals surface area contributed by atoms with Crippen LogP contribution in [0.3, 0.4) is 0 Å². The Morgan fingerprint density at radius 2 is 0.885 bits per heavy atom. The number of benzene rings is 2. The SMILES string of the molecule is Cc1cc2n(n1)-c1cccc(c1)-c1cc3nc(C)c([C@H](OC(C)(C)C)C(=O)O)c(n3n1)N1CCC(C)(CCCCC2)CC1.Cc1cc2n(n1)-c1cccc(c1)-c1cc3nc(C)c([C@H](OC(C)(C)C)C(=O)O)c(n3n1)N1CCC(C)(CCCCCC2)CC1. The highest BCUT2D eigenvalue weighted by Gasteiger charge is 2.40. The number of anilines is 2. The summed E-state index contributed by atoms with van der Waals surface area (Å²) in [5, 5.41) is 40.8. The highest BCUT2D eigenvalue weighted by atomic mass is 16.5. The Labute approximate surface area is 512 Å². The molecule has 6 aliphatic rings. The van der Waals surface area contributed by atoms with Crippen LogP contribution in [0.5, 0.6) is 0 Å². The lowest BCUT2D eigenvalue weighted by molar-refractivity contribution is -0.161. The molecule has 2 saturated heterocycles. The number of carbonyl (C=O) groups is 2. The van der Waals surface area contributed by atoms with Crippen molar-refractivity contribution < 1.29 is 29.3 Å². The summed E-state index contributed by atoms with van der Waals surface area (Å²) >= 11 is 0. The fraction of sp³-hybridized carbons (Fsp3) is 0.536. The van der Waals surface area contributed by atoms with Crippen LogP contribution in [0.4, 0.5) is 11.6 Å². The van der Waals surface area contributed by atoms with Gasteiger partial charge in [-0.1, -0.05) is 70.2 Å². The van der Waals surface area contributed by atoms with E-state index >= 15 is 0 Å². The molecule has 0 radical (unpaired) electrons. The van der Waals surface area contributed by atoms with Crippen molar-refractivity contribution in [3.05, 3.63) is 118 Å². The van der Waals surface area contributed by atoms with E-state index in [0.717, 1.165) is 134 Å². The summed E-state index contributed by atoms with van der Waals surface area (Å²) in [5.74, 6) is -0.503. The van der Waals surface area contributed by atoms with Crippen LogP contribution >= 0.6 is 0 Å². The monoisotopic (exact) mass is 1180 g/mol. The van der Waals surface area contributed by atoms with Gasteiger partial charge in [-0.25, -0.2) is 28.9 Å². The van der Waals surface area contributed by atoms with Gasteiger partial charge in [-0.05, 0) is 181 Å². The second kappa shape index (κ2) is 24.3. The summed E-state index contributed by atoms with van der Waals surface area (Å²) < 4.78 is 20.3. The average Bonchev–Trinajstić information content (AvgIpc) is 1.86. The van der Waals surface area contributed by atoms with Crippen molar-refractivity contribution in [2.45, 2.75) is 203 Å². The molecular weight excluding hydrogens is 1090 g/mol. The molecule has 0 saturated carbocycles. The van der Waals surface area contributed by atoms with E-state index in [1.165, 1.54) is 56.3 Å². The lowest BCUT2D eigenvalue weighted by atomic mass is 9.76. The first kappa shape index (κ1) is 61.2. The van der Waals surface area contributed by atoms with Crippen molar-refractivity contribution in [2.75, 3.05) is 36.0 Å². The molecule has 462 valence electrons. The Morgan fingerprint density at radius 3 is 1.26 bits per heavy atom. The lowest BCUT2D eigenvalue weighted by Gasteiger charge is -2.41. The molecule has 2 N–H and O–H groups in total. The van der Waals surface area contributed by atoms with Gasteiger partial charge < -0.3 is 29.5 Å². The highest BCUT2D eigenvalue weighted by Crippen LogP contribution is 2.44. The molecule has 0 amide bonds. The summed E-state index contributed by atoms with van der Waals surface area (Å²) in [6.07, 6.45) is 14.6. The molecule has 18 heteroatoms. The molecule has 0 unspecified atom stereocenters. The van der Waals surface area contributed by atoms with Crippen LogP contribution < -0.4 is 9.80 Å². The molecule has 14 rings (SSSR count). The third-order valence-corrected chi connectivity index (χ3v) is 18.3. The minimum Gasteiger partial charge on any atom is -0.479 e. The van der Waals surface area contributed by atoms with E-state index < -0.39 is 35.3 Å². The Kier molecular flexibility index (Phi) is 17.1. The van der Waals surface area contributed by atoms with Gasteiger partial charge in [0.2, 0.25) is 0 Å². The van der Waals surface area contributed by atoms with Gasteiger partial charge >= 0.3 is 11.9 Å². The zero-order valence-corrected chi connectivity index (χ0v) is 53.4.